The third-order valence-corrected chi connectivity index (χ3v) is 2.83. The maximum Gasteiger partial charge on any atom is 0.0573 e. The Hall–Kier alpha value is -1.97. The van der Waals surface area contributed by atoms with E-state index in [4.69, 9.17) is 5.73 Å². The first-order valence-electron chi connectivity index (χ1n) is 5.84. The second kappa shape index (κ2) is 5.39. The van der Waals surface area contributed by atoms with Gasteiger partial charge < -0.3 is 11.1 Å². The van der Waals surface area contributed by atoms with Crippen LogP contribution < -0.4 is 11.1 Å². The van der Waals surface area contributed by atoms with Gasteiger partial charge >= 0.3 is 0 Å². The minimum Gasteiger partial charge on any atom is -0.397 e. The fourth-order valence-electron chi connectivity index (χ4n) is 1.79. The van der Waals surface area contributed by atoms with Crippen LogP contribution in [0.3, 0.4) is 0 Å². The molecule has 0 radical (unpaired) electrons. The third kappa shape index (κ3) is 3.00. The summed E-state index contributed by atoms with van der Waals surface area (Å²) in [5.74, 6) is 0. The Balaban J connectivity index is 1.77. The normalized spacial score (nSPS) is 10.4. The van der Waals surface area contributed by atoms with E-state index in [1.54, 1.807) is 0 Å². The fraction of sp³-hybridized carbons (Fsp3) is 0.308. The number of aromatic nitrogens is 2. The summed E-state index contributed by atoms with van der Waals surface area (Å²) in [4.78, 5) is 0. The zero-order valence-corrected chi connectivity index (χ0v) is 10.0. The molecule has 90 valence electrons. The molecule has 4 nitrogen and oxygen atoms in total. The lowest BCUT2D eigenvalue weighted by atomic mass is 10.1. The number of H-pyrrole nitrogens is 1. The van der Waals surface area contributed by atoms with Crippen LogP contribution in [-0.2, 0) is 6.42 Å². The van der Waals surface area contributed by atoms with Gasteiger partial charge in [-0.25, -0.2) is 0 Å². The number of aryl methyl sites for hydroxylation is 2. The monoisotopic (exact) mass is 230 g/mol. The predicted octanol–water partition coefficient (Wildman–Crippen LogP) is 2.35. The second-order valence-corrected chi connectivity index (χ2v) is 4.14. The highest BCUT2D eigenvalue weighted by Crippen LogP contribution is 2.16. The average molecular weight is 230 g/mol. The lowest BCUT2D eigenvalue weighted by Gasteiger charge is -2.08. The average Bonchev–Trinajstić information content (AvgIpc) is 2.73. The molecule has 0 bridgehead atoms. The molecule has 1 aromatic heterocycles. The van der Waals surface area contributed by atoms with E-state index in [2.05, 4.69) is 15.5 Å². The van der Waals surface area contributed by atoms with Crippen molar-refractivity contribution < 1.29 is 0 Å². The molecule has 0 aliphatic carbocycles. The van der Waals surface area contributed by atoms with Gasteiger partial charge in [-0.1, -0.05) is 12.1 Å². The lowest BCUT2D eigenvalue weighted by Crippen LogP contribution is -2.05. The van der Waals surface area contributed by atoms with Gasteiger partial charge in [-0.05, 0) is 37.5 Å². The van der Waals surface area contributed by atoms with Gasteiger partial charge in [-0.2, -0.15) is 5.10 Å². The van der Waals surface area contributed by atoms with Crippen molar-refractivity contribution in [3.63, 3.8) is 0 Å². The Morgan fingerprint density at radius 3 is 2.88 bits per heavy atom. The van der Waals surface area contributed by atoms with E-state index in [9.17, 15) is 0 Å². The van der Waals surface area contributed by atoms with Crippen molar-refractivity contribution >= 4 is 11.4 Å². The summed E-state index contributed by atoms with van der Waals surface area (Å²) in [6.45, 7) is 2.96. The van der Waals surface area contributed by atoms with Crippen LogP contribution in [0.1, 0.15) is 17.7 Å². The summed E-state index contributed by atoms with van der Waals surface area (Å²) in [5, 5.41) is 10.3. The summed E-state index contributed by atoms with van der Waals surface area (Å²) < 4.78 is 0. The molecule has 0 aliphatic rings. The van der Waals surface area contributed by atoms with Crippen molar-refractivity contribution in [3.8, 4) is 0 Å². The van der Waals surface area contributed by atoms with Crippen LogP contribution in [0.15, 0.2) is 30.5 Å². The van der Waals surface area contributed by atoms with E-state index in [0.717, 1.165) is 36.5 Å². The van der Waals surface area contributed by atoms with Gasteiger partial charge in [0.15, 0.2) is 0 Å². The highest BCUT2D eigenvalue weighted by atomic mass is 15.1. The molecular weight excluding hydrogens is 212 g/mol. The van der Waals surface area contributed by atoms with Gasteiger partial charge in [0.25, 0.3) is 0 Å². The van der Waals surface area contributed by atoms with Crippen LogP contribution in [0.25, 0.3) is 0 Å². The first-order chi connectivity index (χ1) is 8.27. The fourth-order valence-corrected chi connectivity index (χ4v) is 1.79. The van der Waals surface area contributed by atoms with E-state index in [1.165, 1.54) is 5.56 Å². The molecule has 4 N–H and O–H groups in total. The number of aromatic amines is 1. The number of nitrogen functional groups attached to an aromatic ring is 1. The van der Waals surface area contributed by atoms with Crippen LogP contribution in [0.4, 0.5) is 11.4 Å². The molecule has 0 atom stereocenters. The SMILES string of the molecule is Cc1[nH]ncc1CCCNc1ccccc1N. The number of para-hydroxylation sites is 2. The maximum atomic E-state index is 5.84. The summed E-state index contributed by atoms with van der Waals surface area (Å²) in [7, 11) is 0. The summed E-state index contributed by atoms with van der Waals surface area (Å²) in [6, 6.07) is 7.83. The Labute approximate surface area is 101 Å². The highest BCUT2D eigenvalue weighted by Gasteiger charge is 2.00. The molecule has 1 heterocycles. The van der Waals surface area contributed by atoms with Gasteiger partial charge in [-0.3, -0.25) is 5.10 Å². The zero-order valence-electron chi connectivity index (χ0n) is 10.0. The van der Waals surface area contributed by atoms with Gasteiger partial charge in [0.2, 0.25) is 0 Å². The highest BCUT2D eigenvalue weighted by molar-refractivity contribution is 5.65. The number of nitrogens with one attached hydrogen (secondary N) is 2. The smallest absolute Gasteiger partial charge is 0.0573 e. The number of nitrogens with two attached hydrogens (primary N) is 1. The topological polar surface area (TPSA) is 66.7 Å². The van der Waals surface area contributed by atoms with Crippen LogP contribution in [0, 0.1) is 6.92 Å². The van der Waals surface area contributed by atoms with Gasteiger partial charge in [0.1, 0.15) is 0 Å². The molecule has 0 unspecified atom stereocenters. The van der Waals surface area contributed by atoms with E-state index in [0.29, 0.717) is 0 Å². The number of hydrogen-bond acceptors (Lipinski definition) is 3. The number of anilines is 2. The Bertz CT molecular complexity index is 476. The summed E-state index contributed by atoms with van der Waals surface area (Å²) >= 11 is 0. The van der Waals surface area contributed by atoms with Gasteiger partial charge in [0.05, 0.1) is 17.6 Å². The predicted molar refractivity (Wildman–Crippen MR) is 71.0 cm³/mol. The van der Waals surface area contributed by atoms with E-state index < -0.39 is 0 Å². The number of nitrogens with zero attached hydrogens (tertiary/aromatic N) is 1. The zero-order chi connectivity index (χ0) is 12.1. The standard InChI is InChI=1S/C13H18N4/c1-10-11(9-16-17-10)5-4-8-15-13-7-3-2-6-12(13)14/h2-3,6-7,9,15H,4-5,8,14H2,1H3,(H,16,17). The van der Waals surface area contributed by atoms with Crippen molar-refractivity contribution in [2.24, 2.45) is 0 Å². The first-order valence-corrected chi connectivity index (χ1v) is 5.84. The van der Waals surface area contributed by atoms with Crippen LogP contribution in [-0.4, -0.2) is 16.7 Å². The van der Waals surface area contributed by atoms with E-state index >= 15 is 0 Å². The minimum absolute atomic E-state index is 0.798. The van der Waals surface area contributed by atoms with Crippen LogP contribution in [0.2, 0.25) is 0 Å². The Morgan fingerprint density at radius 1 is 1.35 bits per heavy atom. The van der Waals surface area contributed by atoms with Gasteiger partial charge in [0, 0.05) is 12.2 Å². The van der Waals surface area contributed by atoms with Crippen molar-refractivity contribution in [3.05, 3.63) is 41.7 Å². The molecule has 17 heavy (non-hydrogen) atoms. The summed E-state index contributed by atoms with van der Waals surface area (Å²) in [5.41, 5.74) is 10.1. The molecule has 1 aromatic carbocycles. The molecule has 0 saturated carbocycles. The molecule has 0 saturated heterocycles. The quantitative estimate of drug-likeness (QED) is 0.545. The molecule has 0 aliphatic heterocycles. The second-order valence-electron chi connectivity index (χ2n) is 4.14. The van der Waals surface area contributed by atoms with E-state index in [-0.39, 0.29) is 0 Å². The van der Waals surface area contributed by atoms with E-state index in [1.807, 2.05) is 37.4 Å². The molecule has 0 spiro atoms. The van der Waals surface area contributed by atoms with Crippen molar-refractivity contribution in [1.82, 2.24) is 10.2 Å². The molecular formula is C13H18N4. The van der Waals surface area contributed by atoms with Crippen LogP contribution >= 0.6 is 0 Å². The molecule has 4 heteroatoms. The third-order valence-electron chi connectivity index (χ3n) is 2.83. The number of rotatable bonds is 5. The number of benzene rings is 1. The lowest BCUT2D eigenvalue weighted by molar-refractivity contribution is 0.857. The molecule has 0 fully saturated rings. The maximum absolute atomic E-state index is 5.84. The largest absolute Gasteiger partial charge is 0.397 e. The Morgan fingerprint density at radius 2 is 2.18 bits per heavy atom. The molecule has 2 aromatic rings. The minimum atomic E-state index is 0.798. The van der Waals surface area contributed by atoms with Crippen LogP contribution in [0.5, 0.6) is 0 Å². The molecule has 2 rings (SSSR count). The van der Waals surface area contributed by atoms with Crippen molar-refractivity contribution in [2.45, 2.75) is 19.8 Å². The van der Waals surface area contributed by atoms with Gasteiger partial charge in [-0.15, -0.1) is 0 Å². The Kier molecular flexibility index (Phi) is 3.65. The number of hydrogen-bond donors (Lipinski definition) is 3. The first kappa shape index (κ1) is 11.5. The van der Waals surface area contributed by atoms with Crippen molar-refractivity contribution in [2.75, 3.05) is 17.6 Å². The summed E-state index contributed by atoms with van der Waals surface area (Å²) in [6.07, 6.45) is 3.99. The molecule has 0 amide bonds. The van der Waals surface area contributed by atoms with Crippen molar-refractivity contribution in [1.29, 1.82) is 0 Å².